The highest BCUT2D eigenvalue weighted by atomic mass is 35.5. The quantitative estimate of drug-likeness (QED) is 0.546. The van der Waals surface area contributed by atoms with E-state index >= 15 is 0 Å². The zero-order valence-corrected chi connectivity index (χ0v) is 18.1. The zero-order valence-electron chi connectivity index (χ0n) is 17.4. The molecule has 0 aromatic carbocycles. The summed E-state index contributed by atoms with van der Waals surface area (Å²) in [6.07, 6.45) is 2.75. The van der Waals surface area contributed by atoms with Crippen LogP contribution in [0.3, 0.4) is 0 Å². The minimum absolute atomic E-state index is 0.0406. The monoisotopic (exact) mass is 452 g/mol. The number of Topliss-reactive ketones (excluding diaryl/α,β-unsaturated/α-hetero) is 2. The van der Waals surface area contributed by atoms with Gasteiger partial charge in [0.15, 0.2) is 11.4 Å². The van der Waals surface area contributed by atoms with Gasteiger partial charge in [-0.3, -0.25) is 19.2 Å². The molecule has 1 spiro atoms. The molecule has 1 aromatic rings. The van der Waals surface area contributed by atoms with Gasteiger partial charge in [0.25, 0.3) is 0 Å². The van der Waals surface area contributed by atoms with Crippen molar-refractivity contribution in [1.29, 1.82) is 0 Å². The van der Waals surface area contributed by atoms with Crippen LogP contribution in [0.4, 0.5) is 0 Å². The van der Waals surface area contributed by atoms with Gasteiger partial charge in [-0.05, 0) is 24.3 Å². The lowest BCUT2D eigenvalue weighted by atomic mass is 9.42. The maximum Gasteiger partial charge on any atom is 0.313 e. The number of hydrogen-bond donors (Lipinski definition) is 1. The molecule has 9 heteroatoms. The van der Waals surface area contributed by atoms with E-state index in [0.717, 1.165) is 0 Å². The predicted octanol–water partition coefficient (Wildman–Crippen LogP) is 2.36. The van der Waals surface area contributed by atoms with Crippen LogP contribution in [0, 0.1) is 22.7 Å². The van der Waals surface area contributed by atoms with E-state index in [2.05, 4.69) is 0 Å². The summed E-state index contributed by atoms with van der Waals surface area (Å²) in [6.45, 7) is 2.47. The molecule has 0 amide bonds. The Hall–Kier alpha value is -2.19. The minimum Gasteiger partial charge on any atom is -0.472 e. The van der Waals surface area contributed by atoms with Crippen LogP contribution < -0.4 is 0 Å². The molecule has 2 saturated carbocycles. The summed E-state index contributed by atoms with van der Waals surface area (Å²) < 4.78 is 16.1. The molecular formula is C22H25ClO8. The van der Waals surface area contributed by atoms with E-state index in [1.807, 2.05) is 6.92 Å². The highest BCUT2D eigenvalue weighted by molar-refractivity contribution is 6.21. The molecule has 1 saturated heterocycles. The standard InChI is InChI=1S/C22H25ClO8/c1-12-7-18(26)21(11-30-13(2)24)16(3-4-17(25)22(21,28)10-23)20(12)8-15(31-19(20)27)14-5-6-29-9-14/h5-6,9,12,15-16,28H,3-4,7-8,10-11H2,1-2H3/t12-,15+,16-,20-,21+,22-/m1/s1. The third-order valence-corrected chi connectivity index (χ3v) is 8.10. The number of carbonyl (C=O) groups is 4. The molecule has 3 aliphatic rings. The number of aliphatic hydroxyl groups is 1. The maximum atomic E-state index is 13.5. The second-order valence-corrected chi connectivity index (χ2v) is 9.25. The Morgan fingerprint density at radius 2 is 2.06 bits per heavy atom. The first-order chi connectivity index (χ1) is 14.6. The van der Waals surface area contributed by atoms with Crippen LogP contribution in [0.5, 0.6) is 0 Å². The Kier molecular flexibility index (Phi) is 5.29. The molecule has 8 nitrogen and oxygen atoms in total. The molecule has 0 bridgehead atoms. The van der Waals surface area contributed by atoms with E-state index in [0.29, 0.717) is 5.56 Å². The number of cyclic esters (lactones) is 1. The second-order valence-electron chi connectivity index (χ2n) is 8.98. The van der Waals surface area contributed by atoms with Crippen molar-refractivity contribution >= 4 is 35.1 Å². The molecule has 2 aliphatic carbocycles. The lowest BCUT2D eigenvalue weighted by Gasteiger charge is -2.59. The van der Waals surface area contributed by atoms with Crippen molar-refractivity contribution in [3.05, 3.63) is 24.2 Å². The summed E-state index contributed by atoms with van der Waals surface area (Å²) in [7, 11) is 0. The number of rotatable bonds is 4. The largest absolute Gasteiger partial charge is 0.472 e. The molecule has 1 aromatic heterocycles. The minimum atomic E-state index is -2.24. The third kappa shape index (κ3) is 2.84. The van der Waals surface area contributed by atoms with E-state index in [-0.39, 0.29) is 25.7 Å². The first-order valence-corrected chi connectivity index (χ1v) is 10.9. The van der Waals surface area contributed by atoms with Gasteiger partial charge in [-0.25, -0.2) is 0 Å². The maximum absolute atomic E-state index is 13.5. The number of alkyl halides is 1. The van der Waals surface area contributed by atoms with Gasteiger partial charge in [0.1, 0.15) is 23.9 Å². The van der Waals surface area contributed by atoms with Crippen LogP contribution in [-0.2, 0) is 28.7 Å². The molecule has 3 fully saturated rings. The van der Waals surface area contributed by atoms with Crippen molar-refractivity contribution in [3.63, 3.8) is 0 Å². The molecule has 168 valence electrons. The van der Waals surface area contributed by atoms with E-state index in [4.69, 9.17) is 25.5 Å². The molecule has 0 radical (unpaired) electrons. The fraction of sp³-hybridized carbons (Fsp3) is 0.636. The number of esters is 2. The van der Waals surface area contributed by atoms with Gasteiger partial charge in [-0.2, -0.15) is 0 Å². The normalized spacial score (nSPS) is 40.0. The average Bonchev–Trinajstić information content (AvgIpc) is 3.36. The van der Waals surface area contributed by atoms with Crippen molar-refractivity contribution < 1.29 is 38.2 Å². The van der Waals surface area contributed by atoms with E-state index < -0.39 is 70.4 Å². The fourth-order valence-corrected chi connectivity index (χ4v) is 6.47. The van der Waals surface area contributed by atoms with Gasteiger partial charge >= 0.3 is 11.9 Å². The van der Waals surface area contributed by atoms with Crippen LogP contribution in [0.15, 0.2) is 23.0 Å². The Morgan fingerprint density at radius 1 is 1.32 bits per heavy atom. The van der Waals surface area contributed by atoms with E-state index in [1.54, 1.807) is 6.07 Å². The molecule has 1 N–H and O–H groups in total. The van der Waals surface area contributed by atoms with Gasteiger partial charge in [-0.15, -0.1) is 11.6 Å². The summed E-state index contributed by atoms with van der Waals surface area (Å²) in [4.78, 5) is 51.5. The summed E-state index contributed by atoms with van der Waals surface area (Å²) >= 11 is 6.09. The Balaban J connectivity index is 1.87. The molecule has 1 aliphatic heterocycles. The first-order valence-electron chi connectivity index (χ1n) is 10.3. The van der Waals surface area contributed by atoms with Crippen molar-refractivity contribution in [2.45, 2.75) is 51.2 Å². The smallest absolute Gasteiger partial charge is 0.313 e. The van der Waals surface area contributed by atoms with Gasteiger partial charge in [0, 0.05) is 31.7 Å². The lowest BCUT2D eigenvalue weighted by Crippen LogP contribution is -2.73. The Morgan fingerprint density at radius 3 is 2.68 bits per heavy atom. The number of halogens is 1. The summed E-state index contributed by atoms with van der Waals surface area (Å²) in [5.74, 6) is -3.86. The first kappa shape index (κ1) is 22.0. The zero-order chi connectivity index (χ0) is 22.6. The molecule has 0 unspecified atom stereocenters. The van der Waals surface area contributed by atoms with Crippen molar-refractivity contribution in [2.24, 2.45) is 22.7 Å². The Labute approximate surface area is 184 Å². The third-order valence-electron chi connectivity index (χ3n) is 7.71. The topological polar surface area (TPSA) is 120 Å². The molecular weight excluding hydrogens is 428 g/mol. The van der Waals surface area contributed by atoms with E-state index in [1.165, 1.54) is 19.5 Å². The summed E-state index contributed by atoms with van der Waals surface area (Å²) in [6, 6.07) is 1.71. The molecule has 4 rings (SSSR count). The highest BCUT2D eigenvalue weighted by Crippen LogP contribution is 2.66. The summed E-state index contributed by atoms with van der Waals surface area (Å²) in [5.41, 5.74) is -4.51. The number of fused-ring (bicyclic) bond motifs is 2. The second kappa shape index (κ2) is 7.45. The van der Waals surface area contributed by atoms with Gasteiger partial charge in [-0.1, -0.05) is 6.92 Å². The van der Waals surface area contributed by atoms with Gasteiger partial charge < -0.3 is 19.0 Å². The fourth-order valence-electron chi connectivity index (χ4n) is 6.09. The predicted molar refractivity (Wildman–Crippen MR) is 106 cm³/mol. The lowest BCUT2D eigenvalue weighted by molar-refractivity contribution is -0.213. The SMILES string of the molecule is CC(=O)OC[C@@]12C(=O)C[C@@H](C)[C@]3(C[C@@H](c4ccoc4)OC3=O)[C@H]1CCC(=O)[C@]2(O)CCl. The number of furan rings is 1. The van der Waals surface area contributed by atoms with Crippen molar-refractivity contribution in [1.82, 2.24) is 0 Å². The molecule has 2 heterocycles. The van der Waals surface area contributed by atoms with Crippen molar-refractivity contribution in [3.8, 4) is 0 Å². The Bertz CT molecular complexity index is 926. The average molecular weight is 453 g/mol. The summed E-state index contributed by atoms with van der Waals surface area (Å²) in [5, 5.41) is 11.5. The molecule has 31 heavy (non-hydrogen) atoms. The number of ether oxygens (including phenoxy) is 2. The van der Waals surface area contributed by atoms with Crippen LogP contribution in [0.25, 0.3) is 0 Å². The van der Waals surface area contributed by atoms with Gasteiger partial charge in [0.2, 0.25) is 0 Å². The number of carbonyl (C=O) groups excluding carboxylic acids is 4. The van der Waals surface area contributed by atoms with Crippen LogP contribution in [0.2, 0.25) is 0 Å². The van der Waals surface area contributed by atoms with Crippen LogP contribution >= 0.6 is 11.6 Å². The molecule has 6 atom stereocenters. The highest BCUT2D eigenvalue weighted by Gasteiger charge is 2.75. The number of hydrogen-bond acceptors (Lipinski definition) is 8. The van der Waals surface area contributed by atoms with E-state index in [9.17, 15) is 24.3 Å². The number of ketones is 2. The van der Waals surface area contributed by atoms with Gasteiger partial charge in [0.05, 0.1) is 23.8 Å². The van der Waals surface area contributed by atoms with Crippen LogP contribution in [-0.4, -0.2) is 46.7 Å². The van der Waals surface area contributed by atoms with Crippen molar-refractivity contribution in [2.75, 3.05) is 12.5 Å². The van der Waals surface area contributed by atoms with Crippen LogP contribution in [0.1, 0.15) is 51.2 Å².